The second-order valence-electron chi connectivity index (χ2n) is 6.29. The normalized spacial score (nSPS) is 19.8. The van der Waals surface area contributed by atoms with Gasteiger partial charge in [0.05, 0.1) is 37.9 Å². The van der Waals surface area contributed by atoms with Crippen molar-refractivity contribution in [3.63, 3.8) is 0 Å². The average Bonchev–Trinajstić information content (AvgIpc) is 2.72. The monoisotopic (exact) mass is 406 g/mol. The summed E-state index contributed by atoms with van der Waals surface area (Å²) in [6.45, 7) is -0.628. The lowest BCUT2D eigenvalue weighted by Crippen LogP contribution is -2.39. The molecule has 1 aliphatic heterocycles. The third-order valence-corrected chi connectivity index (χ3v) is 6.90. The lowest BCUT2D eigenvalue weighted by Gasteiger charge is -2.32. The molecule has 0 spiro atoms. The summed E-state index contributed by atoms with van der Waals surface area (Å²) >= 11 is 0. The van der Waals surface area contributed by atoms with Crippen LogP contribution in [0.2, 0.25) is 0 Å². The van der Waals surface area contributed by atoms with Gasteiger partial charge >= 0.3 is 0 Å². The SMILES string of the molecule is O=CC(OCCO)C(CP1(=O)Oc2ccccc2-c2ccccc21)OCCO. The maximum atomic E-state index is 13.9. The molecule has 28 heavy (non-hydrogen) atoms. The number of para-hydroxylation sites is 1. The zero-order chi connectivity index (χ0) is 20.0. The summed E-state index contributed by atoms with van der Waals surface area (Å²) in [6, 6.07) is 14.6. The third kappa shape index (κ3) is 4.35. The number of hydrogen-bond donors (Lipinski definition) is 2. The minimum absolute atomic E-state index is 0.0459. The van der Waals surface area contributed by atoms with Crippen molar-refractivity contribution in [3.05, 3.63) is 48.5 Å². The number of fused-ring (bicyclic) bond motifs is 3. The standard InChI is InChI=1S/C20H23O7P/c21-9-11-25-18(13-23)19(26-12-10-22)14-28(24)20-8-4-2-6-16(20)15-5-1-3-7-17(15)27-28/h1-8,13,18-19,21-22H,9-12,14H2. The fraction of sp³-hybridized carbons (Fsp3) is 0.350. The first kappa shape index (κ1) is 20.7. The number of carbonyl (C=O) groups is 1. The van der Waals surface area contributed by atoms with Gasteiger partial charge in [0, 0.05) is 5.56 Å². The van der Waals surface area contributed by atoms with Gasteiger partial charge in [0.1, 0.15) is 18.0 Å². The summed E-state index contributed by atoms with van der Waals surface area (Å²) in [5.74, 6) is 0.504. The molecule has 1 heterocycles. The Labute approximate surface area is 163 Å². The minimum atomic E-state index is -3.44. The Morgan fingerprint density at radius 1 is 0.964 bits per heavy atom. The van der Waals surface area contributed by atoms with Gasteiger partial charge < -0.3 is 29.0 Å². The van der Waals surface area contributed by atoms with E-state index in [1.54, 1.807) is 24.3 Å². The van der Waals surface area contributed by atoms with E-state index in [4.69, 9.17) is 24.2 Å². The summed E-state index contributed by atoms with van der Waals surface area (Å²) in [5, 5.41) is 18.6. The van der Waals surface area contributed by atoms with Gasteiger partial charge in [0.15, 0.2) is 6.29 Å². The summed E-state index contributed by atoms with van der Waals surface area (Å²) in [6.07, 6.45) is -1.50. The number of aliphatic hydroxyl groups is 2. The molecule has 7 nitrogen and oxygen atoms in total. The molecular formula is C20H23O7P. The molecule has 3 unspecified atom stereocenters. The van der Waals surface area contributed by atoms with Gasteiger partial charge in [-0.3, -0.25) is 4.57 Å². The van der Waals surface area contributed by atoms with Crippen molar-refractivity contribution < 1.29 is 33.6 Å². The number of benzene rings is 2. The van der Waals surface area contributed by atoms with Crippen molar-refractivity contribution in [2.45, 2.75) is 12.2 Å². The zero-order valence-electron chi connectivity index (χ0n) is 15.3. The van der Waals surface area contributed by atoms with Crippen LogP contribution in [0.5, 0.6) is 5.75 Å². The summed E-state index contributed by atoms with van der Waals surface area (Å²) in [7, 11) is -3.44. The molecule has 2 aromatic rings. The molecule has 0 bridgehead atoms. The summed E-state index contributed by atoms with van der Waals surface area (Å²) in [4.78, 5) is 11.5. The van der Waals surface area contributed by atoms with Crippen molar-refractivity contribution in [2.75, 3.05) is 32.6 Å². The van der Waals surface area contributed by atoms with E-state index in [-0.39, 0.29) is 32.6 Å². The number of hydrogen-bond acceptors (Lipinski definition) is 7. The molecular weight excluding hydrogens is 383 g/mol. The summed E-state index contributed by atoms with van der Waals surface area (Å²) < 4.78 is 30.8. The van der Waals surface area contributed by atoms with Crippen molar-refractivity contribution in [1.29, 1.82) is 0 Å². The lowest BCUT2D eigenvalue weighted by molar-refractivity contribution is -0.130. The second kappa shape index (κ2) is 9.45. The van der Waals surface area contributed by atoms with Crippen LogP contribution in [0.1, 0.15) is 0 Å². The van der Waals surface area contributed by atoms with Crippen LogP contribution < -0.4 is 9.83 Å². The minimum Gasteiger partial charge on any atom is -0.439 e. The molecule has 0 amide bonds. The number of carbonyl (C=O) groups excluding carboxylic acids is 1. The maximum Gasteiger partial charge on any atom is 0.280 e. The zero-order valence-corrected chi connectivity index (χ0v) is 16.2. The van der Waals surface area contributed by atoms with E-state index >= 15 is 0 Å². The first-order chi connectivity index (χ1) is 13.6. The predicted molar refractivity (Wildman–Crippen MR) is 104 cm³/mol. The van der Waals surface area contributed by atoms with Gasteiger partial charge in [-0.05, 0) is 17.7 Å². The van der Waals surface area contributed by atoms with Crippen molar-refractivity contribution in [2.24, 2.45) is 0 Å². The quantitative estimate of drug-likeness (QED) is 0.456. The van der Waals surface area contributed by atoms with Crippen molar-refractivity contribution in [3.8, 4) is 16.9 Å². The molecule has 8 heteroatoms. The van der Waals surface area contributed by atoms with Crippen LogP contribution in [0.3, 0.4) is 0 Å². The topological polar surface area (TPSA) is 102 Å². The Morgan fingerprint density at radius 2 is 1.61 bits per heavy atom. The molecule has 2 aromatic carbocycles. The Balaban J connectivity index is 1.96. The van der Waals surface area contributed by atoms with Crippen LogP contribution >= 0.6 is 7.37 Å². The number of aldehydes is 1. The first-order valence-electron chi connectivity index (χ1n) is 9.01. The summed E-state index contributed by atoms with van der Waals surface area (Å²) in [5.41, 5.74) is 1.66. The van der Waals surface area contributed by atoms with Crippen molar-refractivity contribution >= 4 is 19.0 Å². The highest BCUT2D eigenvalue weighted by molar-refractivity contribution is 7.67. The second-order valence-corrected chi connectivity index (χ2v) is 8.66. The highest BCUT2D eigenvalue weighted by Gasteiger charge is 2.40. The Bertz CT molecular complexity index is 854. The van der Waals surface area contributed by atoms with Crippen LogP contribution in [0.25, 0.3) is 11.1 Å². The molecule has 2 N–H and O–H groups in total. The number of aliphatic hydroxyl groups excluding tert-OH is 2. The number of ether oxygens (including phenoxy) is 2. The van der Waals surface area contributed by atoms with Crippen LogP contribution in [0.15, 0.2) is 48.5 Å². The fourth-order valence-electron chi connectivity index (χ4n) is 3.23. The van der Waals surface area contributed by atoms with Gasteiger partial charge in [-0.1, -0.05) is 36.4 Å². The lowest BCUT2D eigenvalue weighted by atomic mass is 10.0. The predicted octanol–water partition coefficient (Wildman–Crippen LogP) is 1.60. The molecule has 0 aromatic heterocycles. The van der Waals surface area contributed by atoms with E-state index in [9.17, 15) is 9.36 Å². The van der Waals surface area contributed by atoms with Crippen LogP contribution in [-0.2, 0) is 18.8 Å². The highest BCUT2D eigenvalue weighted by atomic mass is 31.2. The van der Waals surface area contributed by atoms with Crippen molar-refractivity contribution in [1.82, 2.24) is 0 Å². The molecule has 0 saturated heterocycles. The maximum absolute atomic E-state index is 13.9. The van der Waals surface area contributed by atoms with Gasteiger partial charge in [-0.15, -0.1) is 0 Å². The fourth-order valence-corrected chi connectivity index (χ4v) is 5.74. The van der Waals surface area contributed by atoms with Gasteiger partial charge in [0.25, 0.3) is 7.37 Å². The number of rotatable bonds is 10. The molecule has 150 valence electrons. The molecule has 0 radical (unpaired) electrons. The Kier molecular flexibility index (Phi) is 6.99. The van der Waals surface area contributed by atoms with Crippen LogP contribution in [-0.4, -0.2) is 61.3 Å². The van der Waals surface area contributed by atoms with Crippen LogP contribution in [0.4, 0.5) is 0 Å². The Hall–Kier alpha value is -2.02. The first-order valence-corrected chi connectivity index (χ1v) is 10.8. The van der Waals surface area contributed by atoms with E-state index < -0.39 is 19.6 Å². The molecule has 1 aliphatic rings. The Morgan fingerprint density at radius 3 is 2.32 bits per heavy atom. The van der Waals surface area contributed by atoms with Gasteiger partial charge in [0.2, 0.25) is 0 Å². The molecule has 3 atom stereocenters. The van der Waals surface area contributed by atoms with E-state index in [0.717, 1.165) is 11.1 Å². The molecule has 0 fully saturated rings. The molecule has 0 aliphatic carbocycles. The van der Waals surface area contributed by atoms with E-state index in [1.165, 1.54) is 0 Å². The van der Waals surface area contributed by atoms with E-state index in [1.807, 2.05) is 24.3 Å². The van der Waals surface area contributed by atoms with Gasteiger partial charge in [-0.25, -0.2) is 0 Å². The third-order valence-electron chi connectivity index (χ3n) is 4.44. The molecule has 0 saturated carbocycles. The van der Waals surface area contributed by atoms with Gasteiger partial charge in [-0.2, -0.15) is 0 Å². The average molecular weight is 406 g/mol. The highest BCUT2D eigenvalue weighted by Crippen LogP contribution is 2.55. The molecule has 3 rings (SSSR count). The van der Waals surface area contributed by atoms with E-state index in [0.29, 0.717) is 17.3 Å². The van der Waals surface area contributed by atoms with Crippen LogP contribution in [0, 0.1) is 0 Å². The largest absolute Gasteiger partial charge is 0.439 e. The van der Waals surface area contributed by atoms with E-state index in [2.05, 4.69) is 0 Å². The smallest absolute Gasteiger partial charge is 0.280 e.